The number of amides is 1. The average Bonchev–Trinajstić information content (AvgIpc) is 3.15. The Balaban J connectivity index is 1.40. The number of methoxy groups -OCH3 is 1. The molecule has 0 saturated carbocycles. The number of anilines is 1. The standard InChI is InChI=1S/C20H22N2O3/c1-24-18-5-3-17(4-6-18)21-9-11-22(12-10-21)20(23)16-2-7-19-15(14-16)8-13-25-19/h2-7,14H,8-13H2,1H3. The van der Waals surface area contributed by atoms with Gasteiger partial charge in [0.1, 0.15) is 11.5 Å². The van der Waals surface area contributed by atoms with E-state index in [1.54, 1.807) is 7.11 Å². The first-order chi connectivity index (χ1) is 12.2. The number of carbonyl (C=O) groups is 1. The van der Waals surface area contributed by atoms with E-state index in [2.05, 4.69) is 17.0 Å². The summed E-state index contributed by atoms with van der Waals surface area (Å²) < 4.78 is 10.7. The Kier molecular flexibility index (Phi) is 4.22. The van der Waals surface area contributed by atoms with Gasteiger partial charge in [-0.15, -0.1) is 0 Å². The van der Waals surface area contributed by atoms with E-state index in [0.29, 0.717) is 6.61 Å². The number of fused-ring (bicyclic) bond motifs is 1. The molecule has 0 N–H and O–H groups in total. The summed E-state index contributed by atoms with van der Waals surface area (Å²) in [5, 5.41) is 0. The van der Waals surface area contributed by atoms with Crippen LogP contribution in [0.2, 0.25) is 0 Å². The minimum absolute atomic E-state index is 0.115. The van der Waals surface area contributed by atoms with Gasteiger partial charge in [0.15, 0.2) is 0 Å². The highest BCUT2D eigenvalue weighted by molar-refractivity contribution is 5.94. The molecule has 5 heteroatoms. The first-order valence-electron chi connectivity index (χ1n) is 8.68. The molecule has 0 radical (unpaired) electrons. The van der Waals surface area contributed by atoms with Crippen molar-refractivity contribution in [3.05, 3.63) is 53.6 Å². The molecule has 25 heavy (non-hydrogen) atoms. The number of piperazine rings is 1. The van der Waals surface area contributed by atoms with Crippen molar-refractivity contribution in [2.24, 2.45) is 0 Å². The van der Waals surface area contributed by atoms with E-state index >= 15 is 0 Å². The Morgan fingerprint density at radius 3 is 2.52 bits per heavy atom. The molecule has 0 unspecified atom stereocenters. The van der Waals surface area contributed by atoms with Gasteiger partial charge in [0.05, 0.1) is 13.7 Å². The fourth-order valence-corrected chi connectivity index (χ4v) is 3.46. The second-order valence-electron chi connectivity index (χ2n) is 6.40. The Labute approximate surface area is 147 Å². The lowest BCUT2D eigenvalue weighted by atomic mass is 10.1. The summed E-state index contributed by atoms with van der Waals surface area (Å²) in [6.07, 6.45) is 0.891. The summed E-state index contributed by atoms with van der Waals surface area (Å²) in [5.41, 5.74) is 3.08. The van der Waals surface area contributed by atoms with Crippen molar-refractivity contribution in [3.8, 4) is 11.5 Å². The molecule has 2 aromatic rings. The Morgan fingerprint density at radius 2 is 1.80 bits per heavy atom. The van der Waals surface area contributed by atoms with Gasteiger partial charge in [-0.2, -0.15) is 0 Å². The van der Waals surface area contributed by atoms with E-state index in [1.165, 1.54) is 5.69 Å². The topological polar surface area (TPSA) is 42.0 Å². The number of hydrogen-bond donors (Lipinski definition) is 0. The van der Waals surface area contributed by atoms with Gasteiger partial charge < -0.3 is 19.3 Å². The third-order valence-corrected chi connectivity index (χ3v) is 4.94. The number of carbonyl (C=O) groups excluding carboxylic acids is 1. The summed E-state index contributed by atoms with van der Waals surface area (Å²) in [7, 11) is 1.67. The lowest BCUT2D eigenvalue weighted by Crippen LogP contribution is -2.48. The van der Waals surface area contributed by atoms with Gasteiger partial charge in [-0.3, -0.25) is 4.79 Å². The van der Waals surface area contributed by atoms with Crippen LogP contribution in [-0.2, 0) is 6.42 Å². The highest BCUT2D eigenvalue weighted by Gasteiger charge is 2.23. The Morgan fingerprint density at radius 1 is 1.04 bits per heavy atom. The highest BCUT2D eigenvalue weighted by atomic mass is 16.5. The minimum Gasteiger partial charge on any atom is -0.497 e. The zero-order chi connectivity index (χ0) is 17.2. The molecule has 5 nitrogen and oxygen atoms in total. The molecule has 1 fully saturated rings. The number of benzene rings is 2. The summed E-state index contributed by atoms with van der Waals surface area (Å²) in [5.74, 6) is 1.89. The van der Waals surface area contributed by atoms with Crippen molar-refractivity contribution in [1.29, 1.82) is 0 Å². The normalized spacial score (nSPS) is 16.4. The van der Waals surface area contributed by atoms with Crippen LogP contribution in [0.1, 0.15) is 15.9 Å². The van der Waals surface area contributed by atoms with Crippen LogP contribution in [-0.4, -0.2) is 50.7 Å². The number of nitrogens with zero attached hydrogens (tertiary/aromatic N) is 2. The van der Waals surface area contributed by atoms with Crippen molar-refractivity contribution in [2.45, 2.75) is 6.42 Å². The van der Waals surface area contributed by atoms with Gasteiger partial charge in [-0.1, -0.05) is 0 Å². The van der Waals surface area contributed by atoms with Crippen LogP contribution >= 0.6 is 0 Å². The smallest absolute Gasteiger partial charge is 0.253 e. The monoisotopic (exact) mass is 338 g/mol. The lowest BCUT2D eigenvalue weighted by molar-refractivity contribution is 0.0746. The molecule has 2 heterocycles. The van der Waals surface area contributed by atoms with Crippen LogP contribution in [0.5, 0.6) is 11.5 Å². The van der Waals surface area contributed by atoms with Gasteiger partial charge in [-0.05, 0) is 48.0 Å². The summed E-state index contributed by atoms with van der Waals surface area (Å²) in [6.45, 7) is 3.86. The second kappa shape index (κ2) is 6.67. The maximum Gasteiger partial charge on any atom is 0.253 e. The summed E-state index contributed by atoms with van der Waals surface area (Å²) in [4.78, 5) is 17.0. The third kappa shape index (κ3) is 3.14. The Bertz CT molecular complexity index is 765. The molecule has 0 spiro atoms. The number of hydrogen-bond acceptors (Lipinski definition) is 4. The first kappa shape index (κ1) is 15.8. The van der Waals surface area contributed by atoms with E-state index in [9.17, 15) is 4.79 Å². The minimum atomic E-state index is 0.115. The van der Waals surface area contributed by atoms with Crippen molar-refractivity contribution in [2.75, 3.05) is 44.8 Å². The molecular formula is C20H22N2O3. The van der Waals surface area contributed by atoms with Crippen molar-refractivity contribution in [3.63, 3.8) is 0 Å². The van der Waals surface area contributed by atoms with Gasteiger partial charge >= 0.3 is 0 Å². The average molecular weight is 338 g/mol. The molecule has 1 saturated heterocycles. The van der Waals surface area contributed by atoms with E-state index in [0.717, 1.165) is 55.2 Å². The largest absolute Gasteiger partial charge is 0.497 e. The SMILES string of the molecule is COc1ccc(N2CCN(C(=O)c3ccc4c(c3)CCO4)CC2)cc1. The quantitative estimate of drug-likeness (QED) is 0.863. The second-order valence-corrected chi connectivity index (χ2v) is 6.40. The van der Waals surface area contributed by atoms with Crippen molar-refractivity contribution in [1.82, 2.24) is 4.90 Å². The van der Waals surface area contributed by atoms with Gasteiger partial charge in [-0.25, -0.2) is 0 Å². The van der Waals surface area contributed by atoms with Gasteiger partial charge in [0, 0.05) is 43.9 Å². The van der Waals surface area contributed by atoms with Crippen LogP contribution in [0.25, 0.3) is 0 Å². The maximum absolute atomic E-state index is 12.8. The maximum atomic E-state index is 12.8. The highest BCUT2D eigenvalue weighted by Crippen LogP contribution is 2.27. The third-order valence-electron chi connectivity index (χ3n) is 4.94. The van der Waals surface area contributed by atoms with Crippen molar-refractivity contribution >= 4 is 11.6 Å². The van der Waals surface area contributed by atoms with E-state index in [4.69, 9.17) is 9.47 Å². The first-order valence-corrected chi connectivity index (χ1v) is 8.68. The van der Waals surface area contributed by atoms with E-state index < -0.39 is 0 Å². The molecule has 2 aromatic carbocycles. The molecule has 2 aliphatic heterocycles. The summed E-state index contributed by atoms with van der Waals surface area (Å²) >= 11 is 0. The number of ether oxygens (including phenoxy) is 2. The zero-order valence-corrected chi connectivity index (χ0v) is 14.4. The Hall–Kier alpha value is -2.69. The molecule has 0 bridgehead atoms. The predicted octanol–water partition coefficient (Wildman–Crippen LogP) is 2.59. The van der Waals surface area contributed by atoms with Crippen LogP contribution in [0.4, 0.5) is 5.69 Å². The van der Waals surface area contributed by atoms with Crippen LogP contribution in [0, 0.1) is 0 Å². The fourth-order valence-electron chi connectivity index (χ4n) is 3.46. The van der Waals surface area contributed by atoms with E-state index in [-0.39, 0.29) is 5.91 Å². The summed E-state index contributed by atoms with van der Waals surface area (Å²) in [6, 6.07) is 13.9. The molecule has 0 aromatic heterocycles. The van der Waals surface area contributed by atoms with Crippen LogP contribution < -0.4 is 14.4 Å². The fraction of sp³-hybridized carbons (Fsp3) is 0.350. The molecule has 0 aliphatic carbocycles. The van der Waals surface area contributed by atoms with Crippen LogP contribution in [0.15, 0.2) is 42.5 Å². The van der Waals surface area contributed by atoms with Crippen LogP contribution in [0.3, 0.4) is 0 Å². The molecule has 130 valence electrons. The zero-order valence-electron chi connectivity index (χ0n) is 14.4. The molecule has 1 amide bonds. The van der Waals surface area contributed by atoms with Crippen molar-refractivity contribution < 1.29 is 14.3 Å². The molecular weight excluding hydrogens is 316 g/mol. The lowest BCUT2D eigenvalue weighted by Gasteiger charge is -2.36. The predicted molar refractivity (Wildman–Crippen MR) is 96.8 cm³/mol. The van der Waals surface area contributed by atoms with Gasteiger partial charge in [0.25, 0.3) is 5.91 Å². The number of rotatable bonds is 3. The van der Waals surface area contributed by atoms with Gasteiger partial charge in [0.2, 0.25) is 0 Å². The van der Waals surface area contributed by atoms with E-state index in [1.807, 2.05) is 35.2 Å². The molecule has 4 rings (SSSR count). The molecule has 2 aliphatic rings. The molecule has 0 atom stereocenters.